The summed E-state index contributed by atoms with van der Waals surface area (Å²) < 4.78 is 0. The summed E-state index contributed by atoms with van der Waals surface area (Å²) in [4.78, 5) is 2.77. The highest BCUT2D eigenvalue weighted by Gasteiger charge is 2.58. The average molecular weight is 366 g/mol. The quantitative estimate of drug-likeness (QED) is 0.814. The summed E-state index contributed by atoms with van der Waals surface area (Å²) in [5.41, 5.74) is 1.07. The lowest BCUT2D eigenvalue weighted by molar-refractivity contribution is -0.188. The van der Waals surface area contributed by atoms with Crippen molar-refractivity contribution in [1.82, 2.24) is 4.90 Å². The number of rotatable bonds is 3. The Hall–Kier alpha value is -0.860. The first-order valence-corrected chi connectivity index (χ1v) is 11.7. The molecule has 1 N–H and O–H groups in total. The van der Waals surface area contributed by atoms with Crippen molar-refractivity contribution >= 4 is 0 Å². The molecule has 6 aliphatic rings. The van der Waals surface area contributed by atoms with E-state index in [0.29, 0.717) is 18.0 Å². The third-order valence-electron chi connectivity index (χ3n) is 9.25. The van der Waals surface area contributed by atoms with E-state index in [1.54, 1.807) is 0 Å². The van der Waals surface area contributed by atoms with Crippen molar-refractivity contribution in [2.45, 2.75) is 88.4 Å². The zero-order valence-electron chi connectivity index (χ0n) is 16.6. The molecule has 2 heterocycles. The van der Waals surface area contributed by atoms with E-state index < -0.39 is 0 Å². The molecule has 146 valence electrons. The van der Waals surface area contributed by atoms with Crippen LogP contribution in [0.1, 0.15) is 69.8 Å². The molecule has 0 radical (unpaired) electrons. The lowest BCUT2D eigenvalue weighted by Gasteiger charge is -2.62. The van der Waals surface area contributed by atoms with Crippen LogP contribution in [0, 0.1) is 29.6 Å². The van der Waals surface area contributed by atoms with Crippen molar-refractivity contribution in [3.63, 3.8) is 0 Å². The molecule has 27 heavy (non-hydrogen) atoms. The summed E-state index contributed by atoms with van der Waals surface area (Å²) >= 11 is 0. The van der Waals surface area contributed by atoms with E-state index >= 15 is 0 Å². The van der Waals surface area contributed by atoms with Crippen LogP contribution in [0.15, 0.2) is 30.3 Å². The second kappa shape index (κ2) is 6.32. The maximum atomic E-state index is 12.1. The van der Waals surface area contributed by atoms with Crippen molar-refractivity contribution in [2.24, 2.45) is 29.6 Å². The van der Waals surface area contributed by atoms with Crippen molar-refractivity contribution in [2.75, 3.05) is 0 Å². The Labute approximate surface area is 164 Å². The molecule has 0 spiro atoms. The van der Waals surface area contributed by atoms with Gasteiger partial charge in [-0.3, -0.25) is 4.90 Å². The molecule has 2 heteroatoms. The molecular formula is C25H35NO. The number of piperidine rings is 2. The highest BCUT2D eigenvalue weighted by molar-refractivity contribution is 5.16. The summed E-state index contributed by atoms with van der Waals surface area (Å²) in [5, 5.41) is 12.1. The normalized spacial score (nSPS) is 48.7. The molecule has 7 rings (SSSR count). The summed E-state index contributed by atoms with van der Waals surface area (Å²) in [6, 6.07) is 12.2. The second-order valence-electron chi connectivity index (χ2n) is 10.9. The highest BCUT2D eigenvalue weighted by atomic mass is 16.3. The number of hydrogen-bond acceptors (Lipinski definition) is 2. The second-order valence-corrected chi connectivity index (χ2v) is 10.9. The molecule has 2 atom stereocenters. The molecule has 2 unspecified atom stereocenters. The Bertz CT molecular complexity index is 643. The topological polar surface area (TPSA) is 23.5 Å². The van der Waals surface area contributed by atoms with E-state index in [1.165, 1.54) is 56.9 Å². The molecule has 2 saturated heterocycles. The van der Waals surface area contributed by atoms with Gasteiger partial charge in [0.1, 0.15) is 0 Å². The van der Waals surface area contributed by atoms with Crippen molar-refractivity contribution in [1.29, 1.82) is 0 Å². The van der Waals surface area contributed by atoms with Gasteiger partial charge in [0.25, 0.3) is 0 Å². The SMILES string of the molecule is OC1(C2C3CC4CC(C3)CC2C4)CC2CCCC(C1)N2Cc1ccccc1. The predicted molar refractivity (Wildman–Crippen MR) is 108 cm³/mol. The van der Waals surface area contributed by atoms with Crippen LogP contribution in [0.3, 0.4) is 0 Å². The van der Waals surface area contributed by atoms with Gasteiger partial charge in [-0.1, -0.05) is 36.8 Å². The van der Waals surface area contributed by atoms with E-state index in [-0.39, 0.29) is 5.60 Å². The smallest absolute Gasteiger partial charge is 0.0710 e. The number of benzene rings is 1. The molecule has 0 amide bonds. The molecular weight excluding hydrogens is 330 g/mol. The number of nitrogens with zero attached hydrogens (tertiary/aromatic N) is 1. The monoisotopic (exact) mass is 365 g/mol. The molecule has 4 saturated carbocycles. The number of aliphatic hydroxyl groups is 1. The molecule has 6 fully saturated rings. The Morgan fingerprint density at radius 3 is 2.04 bits per heavy atom. The van der Waals surface area contributed by atoms with Crippen molar-refractivity contribution < 1.29 is 5.11 Å². The number of fused-ring (bicyclic) bond motifs is 2. The van der Waals surface area contributed by atoms with Gasteiger partial charge < -0.3 is 5.11 Å². The standard InChI is InChI=1S/C25H35NO/c27-25(24-20-10-18-9-19(12-20)13-21(24)11-18)14-22-7-4-8-23(15-25)26(22)16-17-5-2-1-3-6-17/h1-3,5-6,18-24,27H,4,7-16H2. The largest absolute Gasteiger partial charge is 0.389 e. The van der Waals surface area contributed by atoms with Gasteiger partial charge in [-0.15, -0.1) is 0 Å². The molecule has 1 aromatic rings. The van der Waals surface area contributed by atoms with Gasteiger partial charge in [0.15, 0.2) is 0 Å². The third kappa shape index (κ3) is 2.82. The van der Waals surface area contributed by atoms with Crippen LogP contribution in [0.2, 0.25) is 0 Å². The minimum absolute atomic E-state index is 0.369. The fourth-order valence-corrected chi connectivity index (χ4v) is 8.68. The van der Waals surface area contributed by atoms with Gasteiger partial charge in [-0.05, 0) is 92.9 Å². The summed E-state index contributed by atoms with van der Waals surface area (Å²) in [6.45, 7) is 1.08. The maximum Gasteiger partial charge on any atom is 0.0710 e. The van der Waals surface area contributed by atoms with E-state index in [0.717, 1.165) is 43.1 Å². The summed E-state index contributed by atoms with van der Waals surface area (Å²) in [7, 11) is 0. The Kier molecular flexibility index (Phi) is 3.99. The minimum atomic E-state index is -0.369. The van der Waals surface area contributed by atoms with Crippen LogP contribution in [0.4, 0.5) is 0 Å². The lowest BCUT2D eigenvalue weighted by atomic mass is 9.47. The Balaban J connectivity index is 1.25. The Morgan fingerprint density at radius 1 is 0.852 bits per heavy atom. The first-order valence-electron chi connectivity index (χ1n) is 11.7. The van der Waals surface area contributed by atoms with Crippen LogP contribution in [-0.4, -0.2) is 27.7 Å². The summed E-state index contributed by atoms with van der Waals surface area (Å²) in [6.07, 6.45) is 13.3. The minimum Gasteiger partial charge on any atom is -0.389 e. The van der Waals surface area contributed by atoms with E-state index in [4.69, 9.17) is 0 Å². The molecule has 2 nitrogen and oxygen atoms in total. The highest BCUT2D eigenvalue weighted by Crippen LogP contribution is 2.61. The van der Waals surface area contributed by atoms with Gasteiger partial charge in [0.05, 0.1) is 5.60 Å². The molecule has 4 aliphatic carbocycles. The number of hydrogen-bond donors (Lipinski definition) is 1. The van der Waals surface area contributed by atoms with Gasteiger partial charge in [-0.25, -0.2) is 0 Å². The molecule has 0 aromatic heterocycles. The Morgan fingerprint density at radius 2 is 1.44 bits per heavy atom. The predicted octanol–water partition coefficient (Wildman–Crippen LogP) is 5.01. The fraction of sp³-hybridized carbons (Fsp3) is 0.760. The maximum absolute atomic E-state index is 12.1. The van der Waals surface area contributed by atoms with Crippen molar-refractivity contribution in [3.8, 4) is 0 Å². The first-order chi connectivity index (χ1) is 13.2. The lowest BCUT2D eigenvalue weighted by Crippen LogP contribution is -2.63. The van der Waals surface area contributed by atoms with Gasteiger partial charge in [0.2, 0.25) is 0 Å². The molecule has 6 bridgehead atoms. The van der Waals surface area contributed by atoms with Gasteiger partial charge in [-0.2, -0.15) is 0 Å². The van der Waals surface area contributed by atoms with E-state index in [9.17, 15) is 5.11 Å². The first kappa shape index (κ1) is 17.0. The fourth-order valence-electron chi connectivity index (χ4n) is 8.68. The molecule has 1 aromatic carbocycles. The van der Waals surface area contributed by atoms with Crippen LogP contribution in [0.25, 0.3) is 0 Å². The van der Waals surface area contributed by atoms with E-state index in [1.807, 2.05) is 0 Å². The molecule has 2 aliphatic heterocycles. The van der Waals surface area contributed by atoms with Crippen LogP contribution in [0.5, 0.6) is 0 Å². The van der Waals surface area contributed by atoms with Crippen LogP contribution >= 0.6 is 0 Å². The van der Waals surface area contributed by atoms with Gasteiger partial charge >= 0.3 is 0 Å². The zero-order chi connectivity index (χ0) is 18.0. The van der Waals surface area contributed by atoms with Crippen LogP contribution in [-0.2, 0) is 6.54 Å². The van der Waals surface area contributed by atoms with Crippen LogP contribution < -0.4 is 0 Å². The zero-order valence-corrected chi connectivity index (χ0v) is 16.6. The van der Waals surface area contributed by atoms with Crippen molar-refractivity contribution in [3.05, 3.63) is 35.9 Å². The third-order valence-corrected chi connectivity index (χ3v) is 9.25. The van der Waals surface area contributed by atoms with E-state index in [2.05, 4.69) is 35.2 Å². The average Bonchev–Trinajstić information content (AvgIpc) is 2.63. The summed E-state index contributed by atoms with van der Waals surface area (Å²) in [5.74, 6) is 4.31. The van der Waals surface area contributed by atoms with Gasteiger partial charge in [0, 0.05) is 18.6 Å².